The molecule has 0 radical (unpaired) electrons. The zero-order valence-electron chi connectivity index (χ0n) is 13.2. The van der Waals surface area contributed by atoms with Gasteiger partial charge in [0.05, 0.1) is 18.8 Å². The molecule has 0 saturated carbocycles. The zero-order chi connectivity index (χ0) is 15.1. The van der Waals surface area contributed by atoms with E-state index in [0.29, 0.717) is 13.2 Å². The Bertz CT molecular complexity index is 391. The SMILES string of the molecule is CC[C@@H](OC[C@@H](O)CN1CCN(C)CC1)c1ccccc1. The summed E-state index contributed by atoms with van der Waals surface area (Å²) in [5.41, 5.74) is 1.19. The Labute approximate surface area is 128 Å². The van der Waals surface area contributed by atoms with Gasteiger partial charge in [0.25, 0.3) is 0 Å². The first-order chi connectivity index (χ1) is 10.2. The highest BCUT2D eigenvalue weighted by Crippen LogP contribution is 2.20. The molecular weight excluding hydrogens is 264 g/mol. The van der Waals surface area contributed by atoms with Gasteiger partial charge >= 0.3 is 0 Å². The minimum atomic E-state index is -0.411. The van der Waals surface area contributed by atoms with E-state index in [0.717, 1.165) is 32.6 Å². The molecule has 0 spiro atoms. The van der Waals surface area contributed by atoms with Crippen molar-refractivity contribution in [1.82, 2.24) is 9.80 Å². The Hall–Kier alpha value is -0.940. The first-order valence-corrected chi connectivity index (χ1v) is 7.94. The van der Waals surface area contributed by atoms with Crippen LogP contribution >= 0.6 is 0 Å². The number of likely N-dealkylation sites (N-methyl/N-ethyl adjacent to an activating group) is 1. The lowest BCUT2D eigenvalue weighted by molar-refractivity contribution is -0.0273. The van der Waals surface area contributed by atoms with Crippen molar-refractivity contribution in [2.45, 2.75) is 25.6 Å². The van der Waals surface area contributed by atoms with Gasteiger partial charge in [-0.2, -0.15) is 0 Å². The molecule has 0 aromatic heterocycles. The molecule has 0 unspecified atom stereocenters. The number of rotatable bonds is 7. The van der Waals surface area contributed by atoms with Gasteiger partial charge in [-0.05, 0) is 19.0 Å². The number of β-amino-alcohol motifs (C(OH)–C–C–N with tert-alkyl or cyclic N) is 1. The van der Waals surface area contributed by atoms with Crippen molar-refractivity contribution in [3.05, 3.63) is 35.9 Å². The van der Waals surface area contributed by atoms with Crippen LogP contribution in [0.5, 0.6) is 0 Å². The summed E-state index contributed by atoms with van der Waals surface area (Å²) in [6.45, 7) is 7.45. The maximum Gasteiger partial charge on any atom is 0.0900 e. The van der Waals surface area contributed by atoms with E-state index < -0.39 is 6.10 Å². The number of hydrogen-bond donors (Lipinski definition) is 1. The van der Waals surface area contributed by atoms with Crippen LogP contribution in [0.4, 0.5) is 0 Å². The lowest BCUT2D eigenvalue weighted by Crippen LogP contribution is -2.47. The number of piperazine rings is 1. The fourth-order valence-electron chi connectivity index (χ4n) is 2.73. The minimum Gasteiger partial charge on any atom is -0.389 e. The molecule has 0 amide bonds. The molecule has 21 heavy (non-hydrogen) atoms. The molecule has 118 valence electrons. The number of benzene rings is 1. The van der Waals surface area contributed by atoms with Crippen molar-refractivity contribution in [1.29, 1.82) is 0 Å². The van der Waals surface area contributed by atoms with Crippen molar-refractivity contribution >= 4 is 0 Å². The highest BCUT2D eigenvalue weighted by atomic mass is 16.5. The third-order valence-corrected chi connectivity index (χ3v) is 4.10. The number of aliphatic hydroxyl groups excluding tert-OH is 1. The second-order valence-electron chi connectivity index (χ2n) is 5.90. The van der Waals surface area contributed by atoms with Gasteiger partial charge in [0.15, 0.2) is 0 Å². The molecule has 1 aliphatic rings. The lowest BCUT2D eigenvalue weighted by atomic mass is 10.1. The highest BCUT2D eigenvalue weighted by Gasteiger charge is 2.18. The standard InChI is InChI=1S/C17H28N2O2/c1-3-17(15-7-5-4-6-8-15)21-14-16(20)13-19-11-9-18(2)10-12-19/h4-8,16-17,20H,3,9-14H2,1-2H3/t16-,17+/m0/s1. The maximum absolute atomic E-state index is 10.2. The van der Waals surface area contributed by atoms with Gasteiger partial charge < -0.3 is 14.7 Å². The summed E-state index contributed by atoms with van der Waals surface area (Å²) in [6, 6.07) is 10.2. The van der Waals surface area contributed by atoms with Crippen LogP contribution in [0, 0.1) is 0 Å². The third-order valence-electron chi connectivity index (χ3n) is 4.10. The van der Waals surface area contributed by atoms with Crippen LogP contribution in [0.3, 0.4) is 0 Å². The zero-order valence-corrected chi connectivity index (χ0v) is 13.2. The van der Waals surface area contributed by atoms with Crippen molar-refractivity contribution in [3.63, 3.8) is 0 Å². The van der Waals surface area contributed by atoms with Gasteiger partial charge in [-0.15, -0.1) is 0 Å². The monoisotopic (exact) mass is 292 g/mol. The van der Waals surface area contributed by atoms with Gasteiger partial charge in [0, 0.05) is 32.7 Å². The topological polar surface area (TPSA) is 35.9 Å². The highest BCUT2D eigenvalue weighted by molar-refractivity contribution is 5.17. The number of nitrogens with zero attached hydrogens (tertiary/aromatic N) is 2. The van der Waals surface area contributed by atoms with Crippen LogP contribution in [0.2, 0.25) is 0 Å². The van der Waals surface area contributed by atoms with Crippen LogP contribution in [0.1, 0.15) is 25.0 Å². The van der Waals surface area contributed by atoms with E-state index in [1.54, 1.807) is 0 Å². The molecule has 1 aliphatic heterocycles. The lowest BCUT2D eigenvalue weighted by Gasteiger charge is -2.33. The molecule has 1 saturated heterocycles. The third kappa shape index (κ3) is 5.40. The van der Waals surface area contributed by atoms with Crippen LogP contribution in [-0.4, -0.2) is 67.4 Å². The maximum atomic E-state index is 10.2. The molecule has 4 nitrogen and oxygen atoms in total. The largest absolute Gasteiger partial charge is 0.389 e. The van der Waals surface area contributed by atoms with Crippen LogP contribution in [0.15, 0.2) is 30.3 Å². The van der Waals surface area contributed by atoms with Gasteiger partial charge in [0.1, 0.15) is 0 Å². The average Bonchev–Trinajstić information content (AvgIpc) is 2.51. The Morgan fingerprint density at radius 3 is 2.43 bits per heavy atom. The second-order valence-corrected chi connectivity index (χ2v) is 5.90. The predicted octanol–water partition coefficient (Wildman–Crippen LogP) is 1.76. The quantitative estimate of drug-likeness (QED) is 0.831. The minimum absolute atomic E-state index is 0.0772. The summed E-state index contributed by atoms with van der Waals surface area (Å²) in [5, 5.41) is 10.2. The van der Waals surface area contributed by atoms with Crippen molar-refractivity contribution in [2.24, 2.45) is 0 Å². The second kappa shape index (κ2) is 8.49. The predicted molar refractivity (Wildman–Crippen MR) is 85.4 cm³/mol. The average molecular weight is 292 g/mol. The van der Waals surface area contributed by atoms with Crippen molar-refractivity contribution < 1.29 is 9.84 Å². The molecule has 1 aromatic rings. The first-order valence-electron chi connectivity index (χ1n) is 7.94. The van der Waals surface area contributed by atoms with Crippen LogP contribution in [-0.2, 0) is 4.74 Å². The van der Waals surface area contributed by atoms with Crippen LogP contribution < -0.4 is 0 Å². The van der Waals surface area contributed by atoms with Crippen molar-refractivity contribution in [3.8, 4) is 0 Å². The normalized spacial score (nSPS) is 20.3. The van der Waals surface area contributed by atoms with Gasteiger partial charge in [-0.1, -0.05) is 37.3 Å². The molecule has 1 fully saturated rings. The Balaban J connectivity index is 1.73. The number of aliphatic hydroxyl groups is 1. The molecule has 1 N–H and O–H groups in total. The van der Waals surface area contributed by atoms with E-state index in [-0.39, 0.29) is 6.10 Å². The van der Waals surface area contributed by atoms with Gasteiger partial charge in [-0.3, -0.25) is 4.90 Å². The van der Waals surface area contributed by atoms with E-state index in [4.69, 9.17) is 4.74 Å². The fourth-order valence-corrected chi connectivity index (χ4v) is 2.73. The van der Waals surface area contributed by atoms with Crippen molar-refractivity contribution in [2.75, 3.05) is 46.4 Å². The van der Waals surface area contributed by atoms with Gasteiger partial charge in [-0.25, -0.2) is 0 Å². The van der Waals surface area contributed by atoms with Gasteiger partial charge in [0.2, 0.25) is 0 Å². The molecule has 2 rings (SSSR count). The summed E-state index contributed by atoms with van der Waals surface area (Å²) in [4.78, 5) is 4.64. The summed E-state index contributed by atoms with van der Waals surface area (Å²) >= 11 is 0. The Morgan fingerprint density at radius 2 is 1.81 bits per heavy atom. The smallest absolute Gasteiger partial charge is 0.0900 e. The summed E-state index contributed by atoms with van der Waals surface area (Å²) in [7, 11) is 2.14. The Morgan fingerprint density at radius 1 is 1.14 bits per heavy atom. The van der Waals surface area contributed by atoms with E-state index >= 15 is 0 Å². The first kappa shape index (κ1) is 16.4. The molecule has 1 aromatic carbocycles. The van der Waals surface area contributed by atoms with E-state index in [1.807, 2.05) is 18.2 Å². The molecule has 2 atom stereocenters. The van der Waals surface area contributed by atoms with E-state index in [2.05, 4.69) is 35.9 Å². The number of hydrogen-bond acceptors (Lipinski definition) is 4. The molecule has 1 heterocycles. The molecule has 4 heteroatoms. The number of ether oxygens (including phenoxy) is 1. The molecule has 0 aliphatic carbocycles. The molecule has 0 bridgehead atoms. The summed E-state index contributed by atoms with van der Waals surface area (Å²) in [5.74, 6) is 0. The summed E-state index contributed by atoms with van der Waals surface area (Å²) < 4.78 is 5.91. The Kier molecular flexibility index (Phi) is 6.64. The van der Waals surface area contributed by atoms with E-state index in [9.17, 15) is 5.11 Å². The van der Waals surface area contributed by atoms with Crippen LogP contribution in [0.25, 0.3) is 0 Å². The van der Waals surface area contributed by atoms with E-state index in [1.165, 1.54) is 5.56 Å². The molecular formula is C17H28N2O2. The summed E-state index contributed by atoms with van der Waals surface area (Å²) in [6.07, 6.45) is 0.588. The fraction of sp³-hybridized carbons (Fsp3) is 0.647.